The third kappa shape index (κ3) is 6.10. The maximum absolute atomic E-state index is 12.8. The molecule has 31 heavy (non-hydrogen) atoms. The van der Waals surface area contributed by atoms with Crippen LogP contribution in [0.1, 0.15) is 41.2 Å². The van der Waals surface area contributed by atoms with Crippen LogP contribution in [0.15, 0.2) is 42.6 Å². The number of thiazole rings is 1. The molecule has 7 heteroatoms. The Hall–Kier alpha value is -2.80. The van der Waals surface area contributed by atoms with Crippen molar-refractivity contribution < 1.29 is 4.79 Å². The molecular formula is C24H29N5OS. The van der Waals surface area contributed by atoms with E-state index >= 15 is 0 Å². The first kappa shape index (κ1) is 21.4. The fourth-order valence-corrected chi connectivity index (χ4v) is 4.80. The molecule has 0 bridgehead atoms. The van der Waals surface area contributed by atoms with E-state index in [1.165, 1.54) is 5.56 Å². The van der Waals surface area contributed by atoms with Crippen molar-refractivity contribution in [3.05, 3.63) is 64.6 Å². The number of hydrogen-bond donors (Lipinski definition) is 1. The average Bonchev–Trinajstić information content (AvgIpc) is 3.17. The van der Waals surface area contributed by atoms with Crippen molar-refractivity contribution in [2.45, 2.75) is 46.0 Å². The van der Waals surface area contributed by atoms with Crippen LogP contribution in [0.3, 0.4) is 0 Å². The summed E-state index contributed by atoms with van der Waals surface area (Å²) in [7, 11) is 0. The smallest absolute Gasteiger partial charge is 0.222 e. The quantitative estimate of drug-likeness (QED) is 0.582. The van der Waals surface area contributed by atoms with Crippen molar-refractivity contribution >= 4 is 28.2 Å². The van der Waals surface area contributed by atoms with E-state index in [1.54, 1.807) is 11.3 Å². The van der Waals surface area contributed by atoms with E-state index < -0.39 is 0 Å². The van der Waals surface area contributed by atoms with Crippen LogP contribution in [0.4, 0.5) is 10.9 Å². The second-order valence-corrected chi connectivity index (χ2v) is 9.47. The topological polar surface area (TPSA) is 71.0 Å². The zero-order valence-electron chi connectivity index (χ0n) is 18.2. The molecule has 0 spiro atoms. The van der Waals surface area contributed by atoms with Crippen molar-refractivity contribution in [2.75, 3.05) is 18.4 Å². The zero-order chi connectivity index (χ0) is 21.6. The van der Waals surface area contributed by atoms with Gasteiger partial charge in [0, 0.05) is 42.3 Å². The maximum Gasteiger partial charge on any atom is 0.222 e. The molecule has 0 unspecified atom stereocenters. The van der Waals surface area contributed by atoms with Crippen LogP contribution >= 0.6 is 11.3 Å². The Morgan fingerprint density at radius 2 is 2.06 bits per heavy atom. The summed E-state index contributed by atoms with van der Waals surface area (Å²) in [5, 5.41) is 4.14. The van der Waals surface area contributed by atoms with Crippen molar-refractivity contribution in [1.82, 2.24) is 19.9 Å². The van der Waals surface area contributed by atoms with Crippen molar-refractivity contribution in [2.24, 2.45) is 5.92 Å². The summed E-state index contributed by atoms with van der Waals surface area (Å²) in [6.45, 7) is 5.63. The summed E-state index contributed by atoms with van der Waals surface area (Å²) in [4.78, 5) is 29.5. The van der Waals surface area contributed by atoms with Gasteiger partial charge in [-0.05, 0) is 51.0 Å². The van der Waals surface area contributed by atoms with E-state index in [9.17, 15) is 4.79 Å². The Morgan fingerprint density at radius 3 is 2.84 bits per heavy atom. The summed E-state index contributed by atoms with van der Waals surface area (Å²) in [6, 6.07) is 12.2. The minimum Gasteiger partial charge on any atom is -0.342 e. The Kier molecular flexibility index (Phi) is 6.92. The van der Waals surface area contributed by atoms with Crippen molar-refractivity contribution in [3.63, 3.8) is 0 Å². The Morgan fingerprint density at radius 1 is 1.23 bits per heavy atom. The van der Waals surface area contributed by atoms with Crippen molar-refractivity contribution in [3.8, 4) is 0 Å². The van der Waals surface area contributed by atoms with Gasteiger partial charge in [0.1, 0.15) is 11.6 Å². The molecule has 1 fully saturated rings. The van der Waals surface area contributed by atoms with Gasteiger partial charge >= 0.3 is 0 Å². The maximum atomic E-state index is 12.8. The molecule has 1 aromatic carbocycles. The molecule has 1 aliphatic heterocycles. The van der Waals surface area contributed by atoms with Crippen LogP contribution in [-0.2, 0) is 17.6 Å². The predicted molar refractivity (Wildman–Crippen MR) is 125 cm³/mol. The molecule has 162 valence electrons. The molecule has 1 atom stereocenters. The van der Waals surface area contributed by atoms with E-state index in [-0.39, 0.29) is 5.91 Å². The predicted octanol–water partition coefficient (Wildman–Crippen LogP) is 4.71. The molecule has 1 amide bonds. The molecule has 1 saturated heterocycles. The molecule has 1 N–H and O–H groups in total. The molecule has 3 aromatic rings. The molecule has 6 nitrogen and oxygen atoms in total. The van der Waals surface area contributed by atoms with Gasteiger partial charge in [0.15, 0.2) is 5.13 Å². The van der Waals surface area contributed by atoms with Gasteiger partial charge < -0.3 is 10.2 Å². The fourth-order valence-electron chi connectivity index (χ4n) is 4.13. The Labute approximate surface area is 187 Å². The lowest BCUT2D eigenvalue weighted by molar-refractivity contribution is -0.133. The lowest BCUT2D eigenvalue weighted by atomic mass is 9.93. The number of nitrogens with one attached hydrogen (secondary N) is 1. The first-order valence-electron chi connectivity index (χ1n) is 10.9. The van der Waals surface area contributed by atoms with Crippen LogP contribution in [0.25, 0.3) is 0 Å². The Bertz CT molecular complexity index is 1020. The normalized spacial score (nSPS) is 16.3. The Balaban J connectivity index is 1.35. The molecule has 4 rings (SSSR count). The number of hydrogen-bond acceptors (Lipinski definition) is 6. The highest BCUT2D eigenvalue weighted by Gasteiger charge is 2.24. The van der Waals surface area contributed by atoms with E-state index in [0.29, 0.717) is 12.3 Å². The first-order valence-corrected chi connectivity index (χ1v) is 11.7. The number of carbonyl (C=O) groups excluding carboxylic acids is 1. The van der Waals surface area contributed by atoms with Gasteiger partial charge in [-0.25, -0.2) is 15.0 Å². The third-order valence-electron chi connectivity index (χ3n) is 5.59. The number of benzene rings is 1. The van der Waals surface area contributed by atoms with Crippen molar-refractivity contribution in [1.29, 1.82) is 0 Å². The molecule has 2 aromatic heterocycles. The lowest BCUT2D eigenvalue weighted by Crippen LogP contribution is -2.40. The van der Waals surface area contributed by atoms with Crippen LogP contribution in [0, 0.1) is 19.8 Å². The second kappa shape index (κ2) is 10.0. The monoisotopic (exact) mass is 435 g/mol. The second-order valence-electron chi connectivity index (χ2n) is 8.23. The van der Waals surface area contributed by atoms with Crippen LogP contribution in [0.2, 0.25) is 0 Å². The van der Waals surface area contributed by atoms with Gasteiger partial charge in [0.05, 0.1) is 0 Å². The number of aromatic nitrogens is 3. The number of carbonyl (C=O) groups is 1. The number of piperidine rings is 1. The molecular weight excluding hydrogens is 406 g/mol. The lowest BCUT2D eigenvalue weighted by Gasteiger charge is -2.33. The average molecular weight is 436 g/mol. The molecule has 1 aliphatic rings. The zero-order valence-corrected chi connectivity index (χ0v) is 19.0. The number of rotatable bonds is 7. The highest BCUT2D eigenvalue weighted by atomic mass is 32.1. The fraction of sp³-hybridized carbons (Fsp3) is 0.417. The number of likely N-dealkylation sites (tertiary alicyclic amines) is 1. The number of aryl methyl sites for hydroxylation is 3. The summed E-state index contributed by atoms with van der Waals surface area (Å²) in [5.41, 5.74) is 2.24. The first-order chi connectivity index (χ1) is 15.0. The van der Waals surface area contributed by atoms with E-state index in [2.05, 4.69) is 32.4 Å². The van der Waals surface area contributed by atoms with Gasteiger partial charge in [-0.1, -0.05) is 30.3 Å². The molecule has 0 radical (unpaired) electrons. The summed E-state index contributed by atoms with van der Waals surface area (Å²) < 4.78 is 0. The number of amides is 1. The highest BCUT2D eigenvalue weighted by molar-refractivity contribution is 7.15. The summed E-state index contributed by atoms with van der Waals surface area (Å²) >= 11 is 1.61. The number of anilines is 2. The largest absolute Gasteiger partial charge is 0.342 e. The highest BCUT2D eigenvalue weighted by Crippen LogP contribution is 2.24. The van der Waals surface area contributed by atoms with Gasteiger partial charge in [-0.3, -0.25) is 4.79 Å². The SMILES string of the molecule is Cc1nc(C[C@@H]2CCCN(C(=O)CCc3ccccc3)C2)cc(Nc2ncc(C)s2)n1. The van der Waals surface area contributed by atoms with Crippen LogP contribution in [-0.4, -0.2) is 38.8 Å². The van der Waals surface area contributed by atoms with Gasteiger partial charge in [0.25, 0.3) is 0 Å². The van der Waals surface area contributed by atoms with Gasteiger partial charge in [0.2, 0.25) is 5.91 Å². The molecule has 3 heterocycles. The minimum atomic E-state index is 0.258. The van der Waals surface area contributed by atoms with Crippen LogP contribution in [0.5, 0.6) is 0 Å². The van der Waals surface area contributed by atoms with Crippen LogP contribution < -0.4 is 5.32 Å². The van der Waals surface area contributed by atoms with E-state index in [4.69, 9.17) is 0 Å². The minimum absolute atomic E-state index is 0.258. The molecule has 0 aliphatic carbocycles. The van der Waals surface area contributed by atoms with Gasteiger partial charge in [-0.15, -0.1) is 11.3 Å². The number of nitrogens with zero attached hydrogens (tertiary/aromatic N) is 4. The summed E-state index contributed by atoms with van der Waals surface area (Å²) in [5.74, 6) is 2.22. The third-order valence-corrected chi connectivity index (χ3v) is 6.42. The van der Waals surface area contributed by atoms with E-state index in [1.807, 2.05) is 49.2 Å². The standard InChI is InChI=1S/C24H29N5OS/c1-17-15-25-24(31-17)28-22-14-21(26-18(2)27-22)13-20-9-6-12-29(16-20)23(30)11-10-19-7-4-3-5-8-19/h3-5,7-8,14-15,20H,6,9-13,16H2,1-2H3,(H,25,26,27,28)/t20-/m0/s1. The summed E-state index contributed by atoms with van der Waals surface area (Å²) in [6.07, 6.45) is 6.27. The van der Waals surface area contributed by atoms with Gasteiger partial charge in [-0.2, -0.15) is 0 Å². The molecule has 0 saturated carbocycles. The van der Waals surface area contributed by atoms with E-state index in [0.717, 1.165) is 66.1 Å².